The standard InChI is InChI=1S/C22H30N4O3/c1-4-20-16(3)23-22-25(17-8-10-18(11-9-17)28-5-2)14-24(15-26(22)21(20)27)13-19-7-6-12-29-19/h8-11,19H,4-7,12-15H2,1-3H3. The van der Waals surface area contributed by atoms with E-state index < -0.39 is 0 Å². The third-order valence-electron chi connectivity index (χ3n) is 5.67. The summed E-state index contributed by atoms with van der Waals surface area (Å²) < 4.78 is 13.2. The fourth-order valence-electron chi connectivity index (χ4n) is 4.21. The minimum absolute atomic E-state index is 0.0583. The zero-order valence-electron chi connectivity index (χ0n) is 17.6. The number of anilines is 2. The Kier molecular flexibility index (Phi) is 5.87. The van der Waals surface area contributed by atoms with Gasteiger partial charge in [-0.25, -0.2) is 4.98 Å². The maximum absolute atomic E-state index is 13.2. The highest BCUT2D eigenvalue weighted by Gasteiger charge is 2.30. The molecule has 2 aromatic rings. The van der Waals surface area contributed by atoms with Crippen LogP contribution in [0.1, 0.15) is 37.9 Å². The molecule has 1 aromatic heterocycles. The summed E-state index contributed by atoms with van der Waals surface area (Å²) in [5, 5.41) is 0. The molecule has 7 heteroatoms. The molecule has 2 aliphatic rings. The van der Waals surface area contributed by atoms with Gasteiger partial charge in [-0.3, -0.25) is 19.2 Å². The van der Waals surface area contributed by atoms with E-state index >= 15 is 0 Å². The number of hydrogen-bond donors (Lipinski definition) is 0. The fraction of sp³-hybridized carbons (Fsp3) is 0.545. The van der Waals surface area contributed by atoms with Crippen LogP contribution in [0.25, 0.3) is 0 Å². The molecule has 1 fully saturated rings. The second-order valence-corrected chi connectivity index (χ2v) is 7.69. The predicted octanol–water partition coefficient (Wildman–Crippen LogP) is 3.06. The quantitative estimate of drug-likeness (QED) is 0.745. The average molecular weight is 399 g/mol. The Labute approximate surface area is 171 Å². The van der Waals surface area contributed by atoms with Crippen molar-refractivity contribution >= 4 is 11.6 Å². The van der Waals surface area contributed by atoms with E-state index in [9.17, 15) is 4.79 Å². The first-order chi connectivity index (χ1) is 14.1. The van der Waals surface area contributed by atoms with Gasteiger partial charge in [0.2, 0.25) is 5.95 Å². The van der Waals surface area contributed by atoms with Gasteiger partial charge in [-0.15, -0.1) is 0 Å². The Morgan fingerprint density at radius 2 is 2.00 bits per heavy atom. The highest BCUT2D eigenvalue weighted by atomic mass is 16.5. The molecule has 2 aliphatic heterocycles. The Balaban J connectivity index is 1.71. The number of fused-ring (bicyclic) bond motifs is 1. The molecule has 0 aliphatic carbocycles. The lowest BCUT2D eigenvalue weighted by Crippen LogP contribution is -2.49. The van der Waals surface area contributed by atoms with Crippen LogP contribution in [0, 0.1) is 6.92 Å². The van der Waals surface area contributed by atoms with Gasteiger partial charge in [0.1, 0.15) is 5.75 Å². The van der Waals surface area contributed by atoms with Crippen molar-refractivity contribution in [3.63, 3.8) is 0 Å². The van der Waals surface area contributed by atoms with Crippen LogP contribution in [0.15, 0.2) is 29.1 Å². The van der Waals surface area contributed by atoms with E-state index in [4.69, 9.17) is 14.5 Å². The fourth-order valence-corrected chi connectivity index (χ4v) is 4.21. The minimum Gasteiger partial charge on any atom is -0.494 e. The van der Waals surface area contributed by atoms with Crippen LogP contribution in [-0.4, -0.2) is 47.0 Å². The van der Waals surface area contributed by atoms with E-state index in [0.717, 1.165) is 48.7 Å². The molecular formula is C22H30N4O3. The number of rotatable bonds is 6. The molecule has 29 heavy (non-hydrogen) atoms. The Morgan fingerprint density at radius 3 is 2.66 bits per heavy atom. The van der Waals surface area contributed by atoms with Crippen molar-refractivity contribution in [2.24, 2.45) is 0 Å². The van der Waals surface area contributed by atoms with Crippen LogP contribution in [-0.2, 0) is 17.8 Å². The Bertz CT molecular complexity index is 904. The Hall–Kier alpha value is -2.38. The lowest BCUT2D eigenvalue weighted by atomic mass is 10.2. The van der Waals surface area contributed by atoms with Gasteiger partial charge < -0.3 is 9.47 Å². The predicted molar refractivity (Wildman–Crippen MR) is 113 cm³/mol. The monoisotopic (exact) mass is 398 g/mol. The average Bonchev–Trinajstić information content (AvgIpc) is 3.22. The van der Waals surface area contributed by atoms with Gasteiger partial charge in [-0.05, 0) is 57.4 Å². The summed E-state index contributed by atoms with van der Waals surface area (Å²) >= 11 is 0. The number of hydrogen-bond acceptors (Lipinski definition) is 6. The summed E-state index contributed by atoms with van der Waals surface area (Å²) in [6, 6.07) is 7.99. The number of nitrogens with zero attached hydrogens (tertiary/aromatic N) is 4. The molecule has 156 valence electrons. The topological polar surface area (TPSA) is 59.8 Å². The molecule has 1 aromatic carbocycles. The molecule has 0 spiro atoms. The molecule has 1 unspecified atom stereocenters. The second kappa shape index (κ2) is 8.55. The van der Waals surface area contributed by atoms with Crippen molar-refractivity contribution in [1.29, 1.82) is 0 Å². The molecular weight excluding hydrogens is 368 g/mol. The summed E-state index contributed by atoms with van der Waals surface area (Å²) in [5.74, 6) is 1.55. The molecule has 1 saturated heterocycles. The molecule has 0 bridgehead atoms. The first-order valence-electron chi connectivity index (χ1n) is 10.5. The smallest absolute Gasteiger partial charge is 0.259 e. The van der Waals surface area contributed by atoms with Gasteiger partial charge in [0.15, 0.2) is 0 Å². The van der Waals surface area contributed by atoms with Crippen molar-refractivity contribution < 1.29 is 9.47 Å². The van der Waals surface area contributed by atoms with Crippen molar-refractivity contribution in [2.75, 3.05) is 31.3 Å². The van der Waals surface area contributed by atoms with E-state index in [0.29, 0.717) is 32.3 Å². The second-order valence-electron chi connectivity index (χ2n) is 7.69. The minimum atomic E-state index is 0.0583. The highest BCUT2D eigenvalue weighted by molar-refractivity contribution is 5.59. The number of aryl methyl sites for hydroxylation is 1. The normalized spacial score (nSPS) is 19.4. The van der Waals surface area contributed by atoms with Crippen LogP contribution in [0.5, 0.6) is 5.75 Å². The van der Waals surface area contributed by atoms with Gasteiger partial charge in [-0.2, -0.15) is 0 Å². The first-order valence-corrected chi connectivity index (χ1v) is 10.5. The summed E-state index contributed by atoms with van der Waals surface area (Å²) in [7, 11) is 0. The van der Waals surface area contributed by atoms with Crippen LogP contribution >= 0.6 is 0 Å². The summed E-state index contributed by atoms with van der Waals surface area (Å²) in [6.07, 6.45) is 3.11. The van der Waals surface area contributed by atoms with Gasteiger partial charge in [0.25, 0.3) is 5.56 Å². The van der Waals surface area contributed by atoms with E-state index in [1.54, 1.807) is 4.57 Å². The summed E-state index contributed by atoms with van der Waals surface area (Å²) in [5.41, 5.74) is 2.66. The maximum Gasteiger partial charge on any atom is 0.259 e. The van der Waals surface area contributed by atoms with Gasteiger partial charge in [0, 0.05) is 30.1 Å². The molecule has 7 nitrogen and oxygen atoms in total. The lowest BCUT2D eigenvalue weighted by molar-refractivity contribution is 0.0584. The van der Waals surface area contributed by atoms with Crippen molar-refractivity contribution in [3.05, 3.63) is 45.9 Å². The number of benzene rings is 1. The molecule has 0 N–H and O–H groups in total. The van der Waals surface area contributed by atoms with Crippen LogP contribution in [0.2, 0.25) is 0 Å². The van der Waals surface area contributed by atoms with Gasteiger partial charge in [-0.1, -0.05) is 6.92 Å². The van der Waals surface area contributed by atoms with Crippen molar-refractivity contribution in [2.45, 2.75) is 52.8 Å². The number of aromatic nitrogens is 2. The van der Waals surface area contributed by atoms with Crippen LogP contribution in [0.4, 0.5) is 11.6 Å². The zero-order valence-corrected chi connectivity index (χ0v) is 17.6. The molecule has 1 atom stereocenters. The highest BCUT2D eigenvalue weighted by Crippen LogP contribution is 2.30. The lowest BCUT2D eigenvalue weighted by Gasteiger charge is -2.39. The molecule has 3 heterocycles. The third kappa shape index (κ3) is 4.02. The van der Waals surface area contributed by atoms with Gasteiger partial charge >= 0.3 is 0 Å². The SMILES string of the molecule is CCOc1ccc(N2CN(CC3CCCO3)Cn3c2nc(C)c(CC)c3=O)cc1. The van der Waals surface area contributed by atoms with Crippen molar-refractivity contribution in [3.8, 4) is 5.75 Å². The van der Waals surface area contributed by atoms with Gasteiger partial charge in [0.05, 0.1) is 26.0 Å². The van der Waals surface area contributed by atoms with Crippen molar-refractivity contribution in [1.82, 2.24) is 14.5 Å². The van der Waals surface area contributed by atoms with E-state index in [-0.39, 0.29) is 11.7 Å². The van der Waals surface area contributed by atoms with Crippen LogP contribution in [0.3, 0.4) is 0 Å². The van der Waals surface area contributed by atoms with Crippen LogP contribution < -0.4 is 15.2 Å². The molecule has 4 rings (SSSR count). The Morgan fingerprint density at radius 1 is 1.21 bits per heavy atom. The number of ether oxygens (including phenoxy) is 2. The summed E-state index contributed by atoms with van der Waals surface area (Å²) in [6.45, 7) is 9.41. The molecule has 0 amide bonds. The largest absolute Gasteiger partial charge is 0.494 e. The van der Waals surface area contributed by atoms with E-state index in [1.165, 1.54) is 0 Å². The maximum atomic E-state index is 13.2. The van der Waals surface area contributed by atoms with E-state index in [2.05, 4.69) is 9.80 Å². The zero-order chi connectivity index (χ0) is 20.4. The third-order valence-corrected chi connectivity index (χ3v) is 5.67. The van der Waals surface area contributed by atoms with E-state index in [1.807, 2.05) is 45.0 Å². The molecule has 0 radical (unpaired) electrons. The first kappa shape index (κ1) is 19.9. The molecule has 0 saturated carbocycles. The summed E-state index contributed by atoms with van der Waals surface area (Å²) in [4.78, 5) is 22.4.